The molecule has 0 amide bonds. The molecule has 1 aromatic carbocycles. The number of ether oxygens (including phenoxy) is 1. The summed E-state index contributed by atoms with van der Waals surface area (Å²) >= 11 is 0. The Labute approximate surface area is 119 Å². The van der Waals surface area contributed by atoms with Gasteiger partial charge in [0.25, 0.3) is 10.1 Å². The van der Waals surface area contributed by atoms with Crippen LogP contribution in [0.25, 0.3) is 0 Å². The highest BCUT2D eigenvalue weighted by molar-refractivity contribution is 7.85. The van der Waals surface area contributed by atoms with Gasteiger partial charge < -0.3 is 4.74 Å². The van der Waals surface area contributed by atoms with E-state index in [1.54, 1.807) is 6.07 Å². The number of hydrogen-bond acceptors (Lipinski definition) is 6. The molecule has 0 spiro atoms. The summed E-state index contributed by atoms with van der Waals surface area (Å²) in [5.74, 6) is 0.351. The summed E-state index contributed by atoms with van der Waals surface area (Å²) in [4.78, 5) is 0. The normalized spacial score (nSPS) is 12.3. The van der Waals surface area contributed by atoms with Crippen LogP contribution < -0.4 is 10.2 Å². The Hall–Kier alpha value is -1.31. The van der Waals surface area contributed by atoms with Gasteiger partial charge in [-0.25, -0.2) is 0 Å². The molecule has 0 atom stereocenters. The summed E-state index contributed by atoms with van der Waals surface area (Å²) in [6, 6.07) is 3.56. The Bertz CT molecular complexity index is 575. The van der Waals surface area contributed by atoms with Crippen molar-refractivity contribution in [2.45, 2.75) is 32.8 Å². The second-order valence-corrected chi connectivity index (χ2v) is 7.19. The predicted octanol–water partition coefficient (Wildman–Crippen LogP) is 2.27. The third-order valence-electron chi connectivity index (χ3n) is 2.78. The van der Waals surface area contributed by atoms with Crippen molar-refractivity contribution >= 4 is 15.8 Å². The monoisotopic (exact) mass is 303 g/mol. The van der Waals surface area contributed by atoms with E-state index in [0.717, 1.165) is 11.8 Å². The van der Waals surface area contributed by atoms with Crippen molar-refractivity contribution in [1.29, 1.82) is 0 Å². The molecule has 114 valence electrons. The van der Waals surface area contributed by atoms with Gasteiger partial charge in [-0.05, 0) is 23.1 Å². The maximum atomic E-state index is 11.1. The standard InChI is InChI=1S/C13H21NO5S/c1-13(2,3)10-6-9(8-19-20(5,16)17)12(18-4)11(7-10)14-15/h6-7,14-15H,8H2,1-5H3. The first-order valence-electron chi connectivity index (χ1n) is 6.04. The molecule has 7 heteroatoms. The molecule has 0 unspecified atom stereocenters. The Kier molecular flexibility index (Phi) is 5.01. The zero-order valence-electron chi connectivity index (χ0n) is 12.4. The van der Waals surface area contributed by atoms with Gasteiger partial charge in [-0.15, -0.1) is 0 Å². The van der Waals surface area contributed by atoms with E-state index in [9.17, 15) is 13.6 Å². The lowest BCUT2D eigenvalue weighted by Crippen LogP contribution is -2.14. The van der Waals surface area contributed by atoms with Gasteiger partial charge in [0, 0.05) is 5.56 Å². The Morgan fingerprint density at radius 2 is 1.90 bits per heavy atom. The highest BCUT2D eigenvalue weighted by atomic mass is 32.2. The van der Waals surface area contributed by atoms with Crippen LogP contribution in [0.1, 0.15) is 31.9 Å². The molecule has 1 rings (SSSR count). The molecule has 0 saturated heterocycles. The van der Waals surface area contributed by atoms with Gasteiger partial charge in [-0.1, -0.05) is 20.8 Å². The lowest BCUT2D eigenvalue weighted by Gasteiger charge is -2.23. The van der Waals surface area contributed by atoms with Crippen LogP contribution in [0.2, 0.25) is 0 Å². The molecule has 0 aliphatic carbocycles. The molecule has 0 radical (unpaired) electrons. The smallest absolute Gasteiger partial charge is 0.264 e. The number of nitrogens with one attached hydrogen (secondary N) is 1. The highest BCUT2D eigenvalue weighted by Crippen LogP contribution is 2.35. The van der Waals surface area contributed by atoms with Crippen molar-refractivity contribution in [3.05, 3.63) is 23.3 Å². The second kappa shape index (κ2) is 5.99. The minimum Gasteiger partial charge on any atom is -0.494 e. The number of methoxy groups -OCH3 is 1. The minimum atomic E-state index is -3.55. The molecule has 0 aliphatic rings. The number of anilines is 1. The molecule has 20 heavy (non-hydrogen) atoms. The molecule has 0 aromatic heterocycles. The van der Waals surface area contributed by atoms with Crippen LogP contribution in [0.4, 0.5) is 5.69 Å². The maximum Gasteiger partial charge on any atom is 0.264 e. The van der Waals surface area contributed by atoms with E-state index in [0.29, 0.717) is 17.0 Å². The molecule has 0 fully saturated rings. The minimum absolute atomic E-state index is 0.152. The van der Waals surface area contributed by atoms with E-state index in [1.807, 2.05) is 26.8 Å². The largest absolute Gasteiger partial charge is 0.494 e. The SMILES string of the molecule is COc1c(COS(C)(=O)=O)cc(C(C)(C)C)cc1NO. The van der Waals surface area contributed by atoms with Crippen LogP contribution in [0, 0.1) is 0 Å². The summed E-state index contributed by atoms with van der Waals surface area (Å²) in [5.41, 5.74) is 3.73. The molecule has 0 saturated carbocycles. The van der Waals surface area contributed by atoms with E-state index in [1.165, 1.54) is 7.11 Å². The average Bonchev–Trinajstić information content (AvgIpc) is 2.32. The summed E-state index contributed by atoms with van der Waals surface area (Å²) in [6.45, 7) is 5.88. The Balaban J connectivity index is 3.31. The lowest BCUT2D eigenvalue weighted by atomic mass is 9.85. The van der Waals surface area contributed by atoms with E-state index in [4.69, 9.17) is 8.92 Å². The van der Waals surface area contributed by atoms with Gasteiger partial charge in [0.15, 0.2) is 0 Å². The molecule has 1 aromatic rings. The number of hydrogen-bond donors (Lipinski definition) is 2. The quantitative estimate of drug-likeness (QED) is 0.641. The fourth-order valence-electron chi connectivity index (χ4n) is 1.72. The maximum absolute atomic E-state index is 11.1. The first-order chi connectivity index (χ1) is 9.08. The molecule has 0 heterocycles. The molecule has 2 N–H and O–H groups in total. The van der Waals surface area contributed by atoms with Crippen molar-refractivity contribution < 1.29 is 22.5 Å². The van der Waals surface area contributed by atoms with Gasteiger partial charge in [-0.2, -0.15) is 8.42 Å². The van der Waals surface area contributed by atoms with Crippen LogP contribution in [0.5, 0.6) is 5.75 Å². The zero-order chi connectivity index (χ0) is 15.6. The molecule has 0 bridgehead atoms. The molecule has 6 nitrogen and oxygen atoms in total. The topological polar surface area (TPSA) is 84.9 Å². The molecular formula is C13H21NO5S. The molecule has 0 aliphatic heterocycles. The van der Waals surface area contributed by atoms with Crippen molar-refractivity contribution in [3.63, 3.8) is 0 Å². The van der Waals surface area contributed by atoms with Crippen molar-refractivity contribution in [1.82, 2.24) is 0 Å². The first-order valence-corrected chi connectivity index (χ1v) is 7.86. The first kappa shape index (κ1) is 16.7. The van der Waals surface area contributed by atoms with Crippen LogP contribution in [0.15, 0.2) is 12.1 Å². The number of benzene rings is 1. The molecular weight excluding hydrogens is 282 g/mol. The van der Waals surface area contributed by atoms with Gasteiger partial charge in [0.1, 0.15) is 11.4 Å². The number of rotatable bonds is 5. The fourth-order valence-corrected chi connectivity index (χ4v) is 2.06. The lowest BCUT2D eigenvalue weighted by molar-refractivity contribution is 0.301. The van der Waals surface area contributed by atoms with Crippen LogP contribution in [0.3, 0.4) is 0 Å². The van der Waals surface area contributed by atoms with Crippen LogP contribution >= 0.6 is 0 Å². The summed E-state index contributed by atoms with van der Waals surface area (Å²) in [7, 11) is -2.11. The van der Waals surface area contributed by atoms with E-state index in [-0.39, 0.29) is 12.0 Å². The van der Waals surface area contributed by atoms with E-state index in [2.05, 4.69) is 5.48 Å². The third kappa shape index (κ3) is 4.36. The summed E-state index contributed by atoms with van der Waals surface area (Å²) in [5, 5.41) is 9.20. The van der Waals surface area contributed by atoms with Crippen molar-refractivity contribution in [2.24, 2.45) is 0 Å². The van der Waals surface area contributed by atoms with Crippen LogP contribution in [-0.2, 0) is 26.3 Å². The Morgan fingerprint density at radius 3 is 2.30 bits per heavy atom. The highest BCUT2D eigenvalue weighted by Gasteiger charge is 2.20. The average molecular weight is 303 g/mol. The fraction of sp³-hybridized carbons (Fsp3) is 0.538. The van der Waals surface area contributed by atoms with Crippen molar-refractivity contribution in [2.75, 3.05) is 18.8 Å². The predicted molar refractivity (Wildman–Crippen MR) is 76.7 cm³/mol. The van der Waals surface area contributed by atoms with Gasteiger partial charge in [0.2, 0.25) is 0 Å². The zero-order valence-corrected chi connectivity index (χ0v) is 13.2. The van der Waals surface area contributed by atoms with Crippen molar-refractivity contribution in [3.8, 4) is 5.75 Å². The van der Waals surface area contributed by atoms with Crippen LogP contribution in [-0.4, -0.2) is 27.0 Å². The third-order valence-corrected chi connectivity index (χ3v) is 3.33. The van der Waals surface area contributed by atoms with Gasteiger partial charge >= 0.3 is 0 Å². The van der Waals surface area contributed by atoms with Gasteiger partial charge in [0.05, 0.1) is 20.0 Å². The van der Waals surface area contributed by atoms with E-state index < -0.39 is 10.1 Å². The second-order valence-electron chi connectivity index (χ2n) is 5.54. The summed E-state index contributed by atoms with van der Waals surface area (Å²) < 4.78 is 32.2. The summed E-state index contributed by atoms with van der Waals surface area (Å²) in [6.07, 6.45) is 0.984. The van der Waals surface area contributed by atoms with E-state index >= 15 is 0 Å². The Morgan fingerprint density at radius 1 is 1.30 bits per heavy atom. The van der Waals surface area contributed by atoms with Gasteiger partial charge in [-0.3, -0.25) is 14.9 Å².